The predicted octanol–water partition coefficient (Wildman–Crippen LogP) is 2.04. The molecule has 0 saturated carbocycles. The molecule has 0 spiro atoms. The number of nitrogens with two attached hydrogens (primary N) is 1. The molecule has 0 aliphatic heterocycles. The molecule has 1 unspecified atom stereocenters. The van der Waals surface area contributed by atoms with Crippen molar-refractivity contribution in [1.29, 1.82) is 0 Å². The van der Waals surface area contributed by atoms with E-state index in [0.717, 1.165) is 10.7 Å². The Morgan fingerprint density at radius 3 is 2.83 bits per heavy atom. The van der Waals surface area contributed by atoms with Gasteiger partial charge in [-0.15, -0.1) is 11.3 Å². The lowest BCUT2D eigenvalue weighted by molar-refractivity contribution is 0.494. The number of pyridine rings is 1. The van der Waals surface area contributed by atoms with Crippen molar-refractivity contribution in [2.75, 3.05) is 0 Å². The van der Waals surface area contributed by atoms with E-state index < -0.39 is 0 Å². The second-order valence-corrected chi connectivity index (χ2v) is 5.33. The van der Waals surface area contributed by atoms with E-state index in [-0.39, 0.29) is 11.9 Å². The van der Waals surface area contributed by atoms with Crippen LogP contribution in [0, 0.1) is 19.7 Å². The number of halogens is 1. The minimum absolute atomic E-state index is 0.325. The van der Waals surface area contributed by atoms with Crippen molar-refractivity contribution in [3.8, 4) is 0 Å². The monoisotopic (exact) mass is 266 g/mol. The molecule has 0 aromatic carbocycles. The van der Waals surface area contributed by atoms with Crippen LogP contribution in [0.15, 0.2) is 18.3 Å². The number of rotatable bonds is 4. The lowest BCUT2D eigenvalue weighted by Crippen LogP contribution is -2.31. The summed E-state index contributed by atoms with van der Waals surface area (Å²) in [5.41, 5.74) is 3.93. The molecule has 2 heterocycles. The smallest absolute Gasteiger partial charge is 0.146 e. The molecular weight excluding hydrogens is 251 g/mol. The van der Waals surface area contributed by atoms with Crippen molar-refractivity contribution >= 4 is 11.3 Å². The van der Waals surface area contributed by atoms with E-state index in [1.165, 1.54) is 10.9 Å². The molecule has 0 radical (unpaired) electrons. The van der Waals surface area contributed by atoms with Crippen molar-refractivity contribution in [3.05, 3.63) is 45.4 Å². The van der Waals surface area contributed by atoms with Crippen LogP contribution in [0.3, 0.4) is 0 Å². The Morgan fingerprint density at radius 2 is 2.28 bits per heavy atom. The third-order valence-electron chi connectivity index (χ3n) is 2.77. The minimum atomic E-state index is -0.365. The fourth-order valence-corrected chi connectivity index (χ4v) is 2.67. The highest BCUT2D eigenvalue weighted by Gasteiger charge is 2.18. The second-order valence-electron chi connectivity index (χ2n) is 4.04. The molecule has 1 atom stereocenters. The first kappa shape index (κ1) is 13.1. The summed E-state index contributed by atoms with van der Waals surface area (Å²) in [6.45, 7) is 3.98. The third-order valence-corrected chi connectivity index (χ3v) is 3.86. The molecule has 0 aliphatic rings. The summed E-state index contributed by atoms with van der Waals surface area (Å²) < 4.78 is 13.6. The van der Waals surface area contributed by atoms with E-state index in [9.17, 15) is 4.39 Å². The lowest BCUT2D eigenvalue weighted by Gasteiger charge is -2.14. The van der Waals surface area contributed by atoms with Gasteiger partial charge in [-0.1, -0.05) is 0 Å². The molecule has 0 bridgehead atoms. The first-order valence-electron chi connectivity index (χ1n) is 5.61. The lowest BCUT2D eigenvalue weighted by atomic mass is 10.1. The van der Waals surface area contributed by atoms with Gasteiger partial charge in [0.05, 0.1) is 22.4 Å². The molecule has 3 N–H and O–H groups in total. The normalized spacial score (nSPS) is 12.7. The van der Waals surface area contributed by atoms with Crippen LogP contribution in [0.5, 0.6) is 0 Å². The molecule has 0 amide bonds. The van der Waals surface area contributed by atoms with Gasteiger partial charge < -0.3 is 0 Å². The van der Waals surface area contributed by atoms with Crippen molar-refractivity contribution in [2.45, 2.75) is 26.3 Å². The number of hydrogen-bond acceptors (Lipinski definition) is 5. The van der Waals surface area contributed by atoms with E-state index in [2.05, 4.69) is 15.4 Å². The summed E-state index contributed by atoms with van der Waals surface area (Å²) in [4.78, 5) is 9.63. The average molecular weight is 266 g/mol. The van der Waals surface area contributed by atoms with Crippen LogP contribution >= 0.6 is 11.3 Å². The molecular formula is C12H15FN4S. The van der Waals surface area contributed by atoms with Crippen molar-refractivity contribution in [3.63, 3.8) is 0 Å². The number of hydrazine groups is 1. The van der Waals surface area contributed by atoms with Crippen molar-refractivity contribution in [1.82, 2.24) is 15.4 Å². The SMILES string of the molecule is Cc1nc(CC(NN)c2ncccc2F)sc1C. The number of aromatic nitrogens is 2. The van der Waals surface area contributed by atoms with Gasteiger partial charge >= 0.3 is 0 Å². The topological polar surface area (TPSA) is 63.8 Å². The zero-order chi connectivity index (χ0) is 13.1. The largest absolute Gasteiger partial charge is 0.271 e. The van der Waals surface area contributed by atoms with Crippen molar-refractivity contribution in [2.24, 2.45) is 5.84 Å². The number of hydrogen-bond donors (Lipinski definition) is 2. The summed E-state index contributed by atoms with van der Waals surface area (Å²) in [5, 5.41) is 0.929. The second kappa shape index (κ2) is 5.51. The fraction of sp³-hybridized carbons (Fsp3) is 0.333. The Hall–Kier alpha value is -1.37. The summed E-state index contributed by atoms with van der Waals surface area (Å²) in [7, 11) is 0. The first-order valence-corrected chi connectivity index (χ1v) is 6.43. The number of thiazole rings is 1. The fourth-order valence-electron chi connectivity index (χ4n) is 1.69. The van der Waals surface area contributed by atoms with Crippen LogP contribution < -0.4 is 11.3 Å². The number of aryl methyl sites for hydroxylation is 2. The quantitative estimate of drug-likeness (QED) is 0.656. The maximum atomic E-state index is 13.6. The van der Waals surface area contributed by atoms with Gasteiger partial charge in [-0.3, -0.25) is 16.3 Å². The Bertz CT molecular complexity index is 521. The Morgan fingerprint density at radius 1 is 1.50 bits per heavy atom. The summed E-state index contributed by atoms with van der Waals surface area (Å²) >= 11 is 1.60. The van der Waals surface area contributed by atoms with E-state index in [4.69, 9.17) is 5.84 Å². The van der Waals surface area contributed by atoms with Gasteiger partial charge in [-0.2, -0.15) is 0 Å². The van der Waals surface area contributed by atoms with Gasteiger partial charge in [0.1, 0.15) is 5.82 Å². The van der Waals surface area contributed by atoms with Gasteiger partial charge in [0.25, 0.3) is 0 Å². The zero-order valence-corrected chi connectivity index (χ0v) is 11.1. The van der Waals surface area contributed by atoms with E-state index in [1.54, 1.807) is 23.6 Å². The van der Waals surface area contributed by atoms with E-state index in [1.807, 2.05) is 13.8 Å². The molecule has 0 aliphatic carbocycles. The van der Waals surface area contributed by atoms with Crippen LogP contribution in [0.2, 0.25) is 0 Å². The molecule has 96 valence electrons. The standard InChI is InChI=1S/C12H15FN4S/c1-7-8(2)18-11(16-7)6-10(17-14)12-9(13)4-3-5-15-12/h3-5,10,17H,6,14H2,1-2H3. The number of nitrogens with one attached hydrogen (secondary N) is 1. The predicted molar refractivity (Wildman–Crippen MR) is 69.6 cm³/mol. The average Bonchev–Trinajstić information content (AvgIpc) is 2.66. The maximum Gasteiger partial charge on any atom is 0.146 e. The highest BCUT2D eigenvalue weighted by molar-refractivity contribution is 7.11. The molecule has 6 heteroatoms. The van der Waals surface area contributed by atoms with Crippen molar-refractivity contribution < 1.29 is 4.39 Å². The Labute approximate surface area is 109 Å². The molecule has 2 rings (SSSR count). The van der Waals surface area contributed by atoms with Gasteiger partial charge in [0.15, 0.2) is 0 Å². The molecule has 4 nitrogen and oxygen atoms in total. The molecule has 2 aromatic heterocycles. The molecule has 2 aromatic rings. The molecule has 0 fully saturated rings. The molecule has 0 saturated heterocycles. The van der Waals surface area contributed by atoms with Crippen LogP contribution in [-0.4, -0.2) is 9.97 Å². The van der Waals surface area contributed by atoms with Crippen LogP contribution in [0.25, 0.3) is 0 Å². The molecule has 18 heavy (non-hydrogen) atoms. The summed E-state index contributed by atoms with van der Waals surface area (Å²) in [5.74, 6) is 5.13. The van der Waals surface area contributed by atoms with Gasteiger partial charge in [0, 0.05) is 17.5 Å². The van der Waals surface area contributed by atoms with Crippen LogP contribution in [0.1, 0.15) is 27.3 Å². The summed E-state index contributed by atoms with van der Waals surface area (Å²) in [6, 6.07) is 2.57. The van der Waals surface area contributed by atoms with Crippen LogP contribution in [-0.2, 0) is 6.42 Å². The van der Waals surface area contributed by atoms with Crippen LogP contribution in [0.4, 0.5) is 4.39 Å². The Balaban J connectivity index is 2.22. The Kier molecular flexibility index (Phi) is 4.00. The minimum Gasteiger partial charge on any atom is -0.271 e. The van der Waals surface area contributed by atoms with Gasteiger partial charge in [0.2, 0.25) is 0 Å². The van der Waals surface area contributed by atoms with Gasteiger partial charge in [-0.25, -0.2) is 9.37 Å². The van der Waals surface area contributed by atoms with E-state index >= 15 is 0 Å². The highest BCUT2D eigenvalue weighted by atomic mass is 32.1. The third kappa shape index (κ3) is 2.72. The zero-order valence-electron chi connectivity index (χ0n) is 10.3. The maximum absolute atomic E-state index is 13.6. The number of nitrogens with zero attached hydrogens (tertiary/aromatic N) is 2. The van der Waals surface area contributed by atoms with E-state index in [0.29, 0.717) is 12.1 Å². The first-order chi connectivity index (χ1) is 8.61. The summed E-state index contributed by atoms with van der Waals surface area (Å²) in [6.07, 6.45) is 2.09. The van der Waals surface area contributed by atoms with Gasteiger partial charge in [-0.05, 0) is 26.0 Å². The highest BCUT2D eigenvalue weighted by Crippen LogP contribution is 2.23.